The Morgan fingerprint density at radius 3 is 2.50 bits per heavy atom. The largest absolute Gasteiger partial charge is 0.497 e. The second kappa shape index (κ2) is 11.2. The van der Waals surface area contributed by atoms with Gasteiger partial charge in [0.2, 0.25) is 5.88 Å². The third kappa shape index (κ3) is 5.97. The molecule has 1 N–H and O–H groups in total. The monoisotopic (exact) mass is 461 g/mol. The first-order chi connectivity index (χ1) is 16.6. The summed E-state index contributed by atoms with van der Waals surface area (Å²) in [5.41, 5.74) is 2.79. The Morgan fingerprint density at radius 1 is 1.15 bits per heavy atom. The maximum atomic E-state index is 10.5. The lowest BCUT2D eigenvalue weighted by Crippen LogP contribution is -2.36. The average molecular weight is 462 g/mol. The summed E-state index contributed by atoms with van der Waals surface area (Å²) in [7, 11) is 1.64. The number of nitrogens with zero attached hydrogens (tertiary/aromatic N) is 3. The summed E-state index contributed by atoms with van der Waals surface area (Å²) < 4.78 is 18.9. The summed E-state index contributed by atoms with van der Waals surface area (Å²) in [4.78, 5) is 2.28. The van der Waals surface area contributed by atoms with E-state index in [4.69, 9.17) is 25.7 Å². The van der Waals surface area contributed by atoms with Gasteiger partial charge >= 0.3 is 0 Å². The van der Waals surface area contributed by atoms with Crippen molar-refractivity contribution in [1.82, 2.24) is 14.7 Å². The molecule has 3 aromatic rings. The highest BCUT2D eigenvalue weighted by Gasteiger charge is 2.32. The lowest BCUT2D eigenvalue weighted by molar-refractivity contribution is 0.0241. The van der Waals surface area contributed by atoms with Crippen molar-refractivity contribution >= 4 is 0 Å². The Labute approximate surface area is 200 Å². The molecule has 1 aliphatic carbocycles. The van der Waals surface area contributed by atoms with Crippen LogP contribution in [-0.4, -0.2) is 58.8 Å². The van der Waals surface area contributed by atoms with Crippen LogP contribution in [0.2, 0.25) is 0 Å². The molecule has 1 atom stereocenters. The lowest BCUT2D eigenvalue weighted by Gasteiger charge is -2.25. The number of benzene rings is 2. The molecule has 0 unspecified atom stereocenters. The summed E-state index contributed by atoms with van der Waals surface area (Å²) in [6.07, 6.45) is 6.84. The number of aromatic nitrogens is 2. The van der Waals surface area contributed by atoms with Gasteiger partial charge in [0.25, 0.3) is 0 Å². The van der Waals surface area contributed by atoms with E-state index in [9.17, 15) is 5.11 Å². The zero-order valence-electron chi connectivity index (χ0n) is 19.7. The molecule has 0 aliphatic heterocycles. The predicted octanol–water partition coefficient (Wildman–Crippen LogP) is 3.96. The number of para-hydroxylation sites is 1. The molecule has 7 nitrogen and oxygen atoms in total. The lowest BCUT2D eigenvalue weighted by atomic mass is 10.2. The van der Waals surface area contributed by atoms with Gasteiger partial charge in [-0.1, -0.05) is 24.1 Å². The number of hydrogen-bond donors (Lipinski definition) is 1. The number of aryl methyl sites for hydroxylation is 1. The second-order valence-corrected chi connectivity index (χ2v) is 8.43. The molecule has 1 aliphatic rings. The smallest absolute Gasteiger partial charge is 0.227 e. The van der Waals surface area contributed by atoms with Gasteiger partial charge in [-0.25, -0.2) is 4.68 Å². The second-order valence-electron chi connectivity index (χ2n) is 8.43. The molecule has 0 bridgehead atoms. The van der Waals surface area contributed by atoms with Crippen molar-refractivity contribution in [2.45, 2.75) is 38.5 Å². The minimum absolute atomic E-state index is 0.198. The van der Waals surface area contributed by atoms with Gasteiger partial charge in [-0.2, -0.15) is 5.10 Å². The average Bonchev–Trinajstić information content (AvgIpc) is 3.66. The van der Waals surface area contributed by atoms with Crippen LogP contribution in [0.5, 0.6) is 17.4 Å². The number of methoxy groups -OCH3 is 1. The standard InChI is InChI=1S/C27H31N3O4/c1-4-16-33-19-23(31)17-29(21-10-11-21)18-26-20(2)28-30(22-8-6-5-7-9-22)27(26)34-25-14-12-24(32-3)13-15-25/h1,5-9,12-15,21,23,31H,10-11,16-19H2,2-3H3/t23-/m0/s1. The zero-order chi connectivity index (χ0) is 23.9. The molecule has 1 fully saturated rings. The highest BCUT2D eigenvalue weighted by atomic mass is 16.5. The topological polar surface area (TPSA) is 69.0 Å². The van der Waals surface area contributed by atoms with Gasteiger partial charge in [0.05, 0.1) is 36.8 Å². The summed E-state index contributed by atoms with van der Waals surface area (Å²) in [6, 6.07) is 17.9. The maximum Gasteiger partial charge on any atom is 0.227 e. The van der Waals surface area contributed by atoms with E-state index >= 15 is 0 Å². The molecule has 34 heavy (non-hydrogen) atoms. The van der Waals surface area contributed by atoms with Gasteiger partial charge in [-0.05, 0) is 56.2 Å². The van der Waals surface area contributed by atoms with E-state index in [0.29, 0.717) is 30.8 Å². The van der Waals surface area contributed by atoms with Crippen molar-refractivity contribution in [2.75, 3.05) is 26.9 Å². The van der Waals surface area contributed by atoms with E-state index in [1.807, 2.05) is 66.2 Å². The van der Waals surface area contributed by atoms with Crippen LogP contribution < -0.4 is 9.47 Å². The number of ether oxygens (including phenoxy) is 3. The van der Waals surface area contributed by atoms with E-state index < -0.39 is 6.10 Å². The Morgan fingerprint density at radius 2 is 1.85 bits per heavy atom. The fraction of sp³-hybridized carbons (Fsp3) is 0.370. The molecule has 1 saturated carbocycles. The fourth-order valence-corrected chi connectivity index (χ4v) is 3.89. The minimum atomic E-state index is -0.621. The maximum absolute atomic E-state index is 10.5. The van der Waals surface area contributed by atoms with Crippen LogP contribution in [0.15, 0.2) is 54.6 Å². The van der Waals surface area contributed by atoms with Gasteiger partial charge in [0, 0.05) is 19.1 Å². The quantitative estimate of drug-likeness (QED) is 0.325. The summed E-state index contributed by atoms with van der Waals surface area (Å²) in [6.45, 7) is 3.51. The number of aliphatic hydroxyl groups is 1. The van der Waals surface area contributed by atoms with Crippen LogP contribution in [-0.2, 0) is 11.3 Å². The van der Waals surface area contributed by atoms with Crippen LogP contribution >= 0.6 is 0 Å². The van der Waals surface area contributed by atoms with Gasteiger partial charge in [-0.15, -0.1) is 6.42 Å². The number of terminal acetylenes is 1. The molecule has 1 heterocycles. The molecular formula is C27H31N3O4. The highest BCUT2D eigenvalue weighted by molar-refractivity contribution is 5.44. The zero-order valence-corrected chi connectivity index (χ0v) is 19.7. The van der Waals surface area contributed by atoms with Gasteiger partial charge in [-0.3, -0.25) is 4.90 Å². The summed E-state index contributed by atoms with van der Waals surface area (Å²) >= 11 is 0. The van der Waals surface area contributed by atoms with Crippen LogP contribution in [0.25, 0.3) is 5.69 Å². The Hall–Kier alpha value is -3.31. The number of aliphatic hydroxyl groups excluding tert-OH is 1. The molecule has 0 amide bonds. The molecule has 0 spiro atoms. The molecule has 1 aromatic heterocycles. The molecule has 178 valence electrons. The van der Waals surface area contributed by atoms with Crippen molar-refractivity contribution in [3.8, 4) is 35.4 Å². The van der Waals surface area contributed by atoms with Crippen LogP contribution in [0.3, 0.4) is 0 Å². The third-order valence-electron chi connectivity index (χ3n) is 5.78. The van der Waals surface area contributed by atoms with E-state index in [1.165, 1.54) is 0 Å². The first-order valence-corrected chi connectivity index (χ1v) is 11.5. The Bertz CT molecular complexity index is 1100. The van der Waals surface area contributed by atoms with Crippen molar-refractivity contribution in [3.63, 3.8) is 0 Å². The van der Waals surface area contributed by atoms with Gasteiger partial charge in [0.15, 0.2) is 0 Å². The molecule has 0 saturated heterocycles. The van der Waals surface area contributed by atoms with E-state index in [2.05, 4.69) is 10.8 Å². The summed E-state index contributed by atoms with van der Waals surface area (Å²) in [5, 5.41) is 15.3. The SMILES string of the molecule is C#CCOC[C@@H](O)CN(Cc1c(C)nn(-c2ccccc2)c1Oc1ccc(OC)cc1)C1CC1. The first kappa shape index (κ1) is 23.8. The van der Waals surface area contributed by atoms with Crippen LogP contribution in [0.4, 0.5) is 0 Å². The normalized spacial score (nSPS) is 14.1. The number of rotatable bonds is 12. The van der Waals surface area contributed by atoms with Gasteiger partial charge < -0.3 is 19.3 Å². The molecule has 7 heteroatoms. The fourth-order valence-electron chi connectivity index (χ4n) is 3.89. The van der Waals surface area contributed by atoms with Crippen molar-refractivity contribution in [1.29, 1.82) is 0 Å². The number of hydrogen-bond acceptors (Lipinski definition) is 6. The Balaban J connectivity index is 1.62. The minimum Gasteiger partial charge on any atom is -0.497 e. The van der Waals surface area contributed by atoms with Crippen LogP contribution in [0, 0.1) is 19.3 Å². The molecule has 0 radical (unpaired) electrons. The van der Waals surface area contributed by atoms with Crippen molar-refractivity contribution in [2.24, 2.45) is 0 Å². The van der Waals surface area contributed by atoms with E-state index in [0.717, 1.165) is 35.5 Å². The highest BCUT2D eigenvalue weighted by Crippen LogP contribution is 2.35. The van der Waals surface area contributed by atoms with Crippen molar-refractivity contribution < 1.29 is 19.3 Å². The third-order valence-corrected chi connectivity index (χ3v) is 5.78. The van der Waals surface area contributed by atoms with E-state index in [-0.39, 0.29) is 13.2 Å². The predicted molar refractivity (Wildman–Crippen MR) is 130 cm³/mol. The molecular weight excluding hydrogens is 430 g/mol. The summed E-state index contributed by atoms with van der Waals surface area (Å²) in [5.74, 6) is 4.56. The van der Waals surface area contributed by atoms with Crippen molar-refractivity contribution in [3.05, 3.63) is 65.9 Å². The Kier molecular flexibility index (Phi) is 7.86. The van der Waals surface area contributed by atoms with E-state index in [1.54, 1.807) is 7.11 Å². The molecule has 2 aromatic carbocycles. The van der Waals surface area contributed by atoms with Crippen LogP contribution in [0.1, 0.15) is 24.1 Å². The molecule has 4 rings (SSSR count). The van der Waals surface area contributed by atoms with Gasteiger partial charge in [0.1, 0.15) is 18.1 Å². The first-order valence-electron chi connectivity index (χ1n) is 11.5.